The van der Waals surface area contributed by atoms with Gasteiger partial charge in [-0.05, 0) is 30.4 Å². The highest BCUT2D eigenvalue weighted by Crippen LogP contribution is 2.20. The van der Waals surface area contributed by atoms with E-state index in [-0.39, 0.29) is 24.0 Å². The molecule has 0 aliphatic heterocycles. The lowest BCUT2D eigenvalue weighted by atomic mass is 9.88. The lowest BCUT2D eigenvalue weighted by Gasteiger charge is -2.25. The van der Waals surface area contributed by atoms with Crippen LogP contribution in [0.25, 0.3) is 0 Å². The van der Waals surface area contributed by atoms with Crippen LogP contribution in [0, 0.1) is 0 Å². The summed E-state index contributed by atoms with van der Waals surface area (Å²) in [7, 11) is 1.71. The molecule has 0 saturated heterocycles. The largest absolute Gasteiger partial charge is 0.370 e. The molecule has 0 heterocycles. The zero-order chi connectivity index (χ0) is 10.7. The fraction of sp³-hybridized carbons (Fsp3) is 0.417. The van der Waals surface area contributed by atoms with Gasteiger partial charge >= 0.3 is 0 Å². The predicted molar refractivity (Wildman–Crippen MR) is 78.4 cm³/mol. The smallest absolute Gasteiger partial charge is 0.188 e. The molecule has 1 aromatic carbocycles. The average molecular weight is 331 g/mol. The van der Waals surface area contributed by atoms with Gasteiger partial charge in [0.05, 0.1) is 0 Å². The molecule has 0 fully saturated rings. The molecule has 2 rings (SSSR count). The predicted octanol–water partition coefficient (Wildman–Crippen LogP) is 1.70. The quantitative estimate of drug-likeness (QED) is 0.468. The van der Waals surface area contributed by atoms with Crippen molar-refractivity contribution in [3.8, 4) is 0 Å². The SMILES string of the molecule is CN=C(N)NC1CCc2ccccc2C1.I. The Bertz CT molecular complexity index is 376. The van der Waals surface area contributed by atoms with Crippen molar-refractivity contribution >= 4 is 29.9 Å². The van der Waals surface area contributed by atoms with Crippen LogP contribution in [-0.2, 0) is 12.8 Å². The Labute approximate surface area is 114 Å². The monoisotopic (exact) mass is 331 g/mol. The minimum Gasteiger partial charge on any atom is -0.370 e. The summed E-state index contributed by atoms with van der Waals surface area (Å²) >= 11 is 0. The van der Waals surface area contributed by atoms with Gasteiger partial charge in [-0.3, -0.25) is 4.99 Å². The van der Waals surface area contributed by atoms with Crippen molar-refractivity contribution in [2.45, 2.75) is 25.3 Å². The molecule has 1 aliphatic carbocycles. The molecular weight excluding hydrogens is 313 g/mol. The fourth-order valence-electron chi connectivity index (χ4n) is 2.09. The number of benzene rings is 1. The Morgan fingerprint density at radius 3 is 2.75 bits per heavy atom. The number of nitrogens with one attached hydrogen (secondary N) is 1. The van der Waals surface area contributed by atoms with Gasteiger partial charge in [0, 0.05) is 13.1 Å². The van der Waals surface area contributed by atoms with E-state index in [0.717, 1.165) is 19.3 Å². The van der Waals surface area contributed by atoms with Crippen molar-refractivity contribution < 1.29 is 0 Å². The van der Waals surface area contributed by atoms with Gasteiger partial charge in [0.1, 0.15) is 0 Å². The lowest BCUT2D eigenvalue weighted by Crippen LogP contribution is -2.42. The van der Waals surface area contributed by atoms with E-state index in [1.165, 1.54) is 11.1 Å². The van der Waals surface area contributed by atoms with Crippen LogP contribution in [0.5, 0.6) is 0 Å². The molecule has 1 aliphatic rings. The topological polar surface area (TPSA) is 50.4 Å². The first-order valence-electron chi connectivity index (χ1n) is 5.35. The summed E-state index contributed by atoms with van der Waals surface area (Å²) in [5.74, 6) is 0.541. The summed E-state index contributed by atoms with van der Waals surface area (Å²) < 4.78 is 0. The molecule has 88 valence electrons. The number of rotatable bonds is 1. The van der Waals surface area contributed by atoms with Gasteiger partial charge in [-0.15, -0.1) is 24.0 Å². The van der Waals surface area contributed by atoms with E-state index in [9.17, 15) is 0 Å². The van der Waals surface area contributed by atoms with Crippen molar-refractivity contribution in [3.05, 3.63) is 35.4 Å². The molecular formula is C12H18IN3. The van der Waals surface area contributed by atoms with Gasteiger partial charge in [0.15, 0.2) is 5.96 Å². The van der Waals surface area contributed by atoms with E-state index >= 15 is 0 Å². The lowest BCUT2D eigenvalue weighted by molar-refractivity contribution is 0.527. The van der Waals surface area contributed by atoms with Gasteiger partial charge in [-0.2, -0.15) is 0 Å². The first-order valence-corrected chi connectivity index (χ1v) is 5.35. The Morgan fingerprint density at radius 1 is 1.38 bits per heavy atom. The van der Waals surface area contributed by atoms with Crippen molar-refractivity contribution in [3.63, 3.8) is 0 Å². The van der Waals surface area contributed by atoms with Crippen LogP contribution in [0.2, 0.25) is 0 Å². The third-order valence-corrected chi connectivity index (χ3v) is 2.94. The first kappa shape index (κ1) is 13.3. The summed E-state index contributed by atoms with van der Waals surface area (Å²) in [5.41, 5.74) is 8.57. The van der Waals surface area contributed by atoms with Gasteiger partial charge in [-0.25, -0.2) is 0 Å². The molecule has 0 aromatic heterocycles. The third-order valence-electron chi connectivity index (χ3n) is 2.94. The van der Waals surface area contributed by atoms with Crippen LogP contribution in [-0.4, -0.2) is 19.0 Å². The second-order valence-corrected chi connectivity index (χ2v) is 3.96. The van der Waals surface area contributed by atoms with E-state index < -0.39 is 0 Å². The van der Waals surface area contributed by atoms with Gasteiger partial charge in [0.25, 0.3) is 0 Å². The van der Waals surface area contributed by atoms with E-state index in [1.54, 1.807) is 7.05 Å². The maximum atomic E-state index is 5.66. The number of guanidine groups is 1. The normalized spacial score (nSPS) is 19.6. The van der Waals surface area contributed by atoms with Gasteiger partial charge in [-0.1, -0.05) is 24.3 Å². The molecule has 4 heteroatoms. The minimum absolute atomic E-state index is 0. The Kier molecular flexibility index (Phi) is 5.05. The maximum absolute atomic E-state index is 5.66. The van der Waals surface area contributed by atoms with Crippen molar-refractivity contribution in [1.82, 2.24) is 5.32 Å². The highest BCUT2D eigenvalue weighted by atomic mass is 127. The molecule has 0 bridgehead atoms. The maximum Gasteiger partial charge on any atom is 0.188 e. The van der Waals surface area contributed by atoms with Crippen LogP contribution < -0.4 is 11.1 Å². The number of fused-ring (bicyclic) bond motifs is 1. The molecule has 0 amide bonds. The Hall–Kier alpha value is -0.780. The van der Waals surface area contributed by atoms with Gasteiger partial charge < -0.3 is 11.1 Å². The number of nitrogens with two attached hydrogens (primary N) is 1. The van der Waals surface area contributed by atoms with Crippen LogP contribution in [0.1, 0.15) is 17.5 Å². The Morgan fingerprint density at radius 2 is 2.06 bits per heavy atom. The highest BCUT2D eigenvalue weighted by Gasteiger charge is 2.17. The number of hydrogen-bond donors (Lipinski definition) is 2. The molecule has 1 aromatic rings. The summed E-state index contributed by atoms with van der Waals surface area (Å²) in [5, 5.41) is 3.24. The highest BCUT2D eigenvalue weighted by molar-refractivity contribution is 14.0. The second-order valence-electron chi connectivity index (χ2n) is 3.96. The van der Waals surface area contributed by atoms with Crippen LogP contribution >= 0.6 is 24.0 Å². The molecule has 0 saturated carbocycles. The zero-order valence-corrected chi connectivity index (χ0v) is 11.8. The number of aryl methyl sites for hydroxylation is 1. The molecule has 3 N–H and O–H groups in total. The van der Waals surface area contributed by atoms with Crippen LogP contribution in [0.15, 0.2) is 29.3 Å². The molecule has 0 radical (unpaired) electrons. The fourth-order valence-corrected chi connectivity index (χ4v) is 2.09. The third kappa shape index (κ3) is 3.10. The average Bonchev–Trinajstić information content (AvgIpc) is 2.29. The van der Waals surface area contributed by atoms with Crippen LogP contribution in [0.3, 0.4) is 0 Å². The van der Waals surface area contributed by atoms with Crippen molar-refractivity contribution in [1.29, 1.82) is 0 Å². The summed E-state index contributed by atoms with van der Waals surface area (Å²) in [4.78, 5) is 3.92. The number of nitrogens with zero attached hydrogens (tertiary/aromatic N) is 1. The van der Waals surface area contributed by atoms with E-state index in [2.05, 4.69) is 34.6 Å². The molecule has 16 heavy (non-hydrogen) atoms. The van der Waals surface area contributed by atoms with Crippen molar-refractivity contribution in [2.75, 3.05) is 7.05 Å². The van der Waals surface area contributed by atoms with Crippen LogP contribution in [0.4, 0.5) is 0 Å². The Balaban J connectivity index is 0.00000128. The number of hydrogen-bond acceptors (Lipinski definition) is 1. The zero-order valence-electron chi connectivity index (χ0n) is 9.44. The van der Waals surface area contributed by atoms with E-state index in [1.807, 2.05) is 0 Å². The first-order chi connectivity index (χ1) is 7.29. The number of aliphatic imine (C=N–C) groups is 1. The van der Waals surface area contributed by atoms with Crippen molar-refractivity contribution in [2.24, 2.45) is 10.7 Å². The number of halogens is 1. The van der Waals surface area contributed by atoms with Gasteiger partial charge in [0.2, 0.25) is 0 Å². The molecule has 3 nitrogen and oxygen atoms in total. The minimum atomic E-state index is 0. The summed E-state index contributed by atoms with van der Waals surface area (Å²) in [6.07, 6.45) is 3.31. The standard InChI is InChI=1S/C12H17N3.HI/c1-14-12(13)15-11-7-6-9-4-2-3-5-10(9)8-11;/h2-5,11H,6-8H2,1H3,(H3,13,14,15);1H. The molecule has 1 atom stereocenters. The molecule has 0 spiro atoms. The molecule has 1 unspecified atom stereocenters. The second kappa shape index (κ2) is 6.08. The van der Waals surface area contributed by atoms with E-state index in [4.69, 9.17) is 5.73 Å². The van der Waals surface area contributed by atoms with E-state index in [0.29, 0.717) is 12.0 Å². The summed E-state index contributed by atoms with van der Waals surface area (Å²) in [6.45, 7) is 0. The summed E-state index contributed by atoms with van der Waals surface area (Å²) in [6, 6.07) is 9.04.